The van der Waals surface area contributed by atoms with Gasteiger partial charge in [-0.1, -0.05) is 5.92 Å². The first kappa shape index (κ1) is 13.4. The van der Waals surface area contributed by atoms with Crippen molar-refractivity contribution in [2.75, 3.05) is 20.8 Å². The van der Waals surface area contributed by atoms with Crippen LogP contribution in [0.5, 0.6) is 11.5 Å². The van der Waals surface area contributed by atoms with Crippen molar-refractivity contribution in [2.45, 2.75) is 19.9 Å². The van der Waals surface area contributed by atoms with E-state index in [-0.39, 0.29) is 6.04 Å². The molecule has 3 nitrogen and oxygen atoms in total. The maximum Gasteiger partial charge on any atom is 0.123 e. The summed E-state index contributed by atoms with van der Waals surface area (Å²) in [5.74, 6) is 7.53. The van der Waals surface area contributed by atoms with Gasteiger partial charge in [0.15, 0.2) is 0 Å². The van der Waals surface area contributed by atoms with Gasteiger partial charge < -0.3 is 9.47 Å². The molecule has 0 radical (unpaired) electrons. The lowest BCUT2D eigenvalue weighted by Gasteiger charge is -2.17. The third kappa shape index (κ3) is 3.69. The van der Waals surface area contributed by atoms with Crippen LogP contribution in [0.1, 0.15) is 25.5 Å². The van der Waals surface area contributed by atoms with E-state index in [9.17, 15) is 0 Å². The predicted molar refractivity (Wildman–Crippen MR) is 69.4 cm³/mol. The predicted octanol–water partition coefficient (Wildman–Crippen LogP) is 2.38. The Morgan fingerprint density at radius 1 is 1.29 bits per heavy atom. The number of hydrogen-bond donors (Lipinski definition) is 1. The van der Waals surface area contributed by atoms with Gasteiger partial charge in [-0.05, 0) is 32.0 Å². The molecule has 0 aromatic heterocycles. The largest absolute Gasteiger partial charge is 0.497 e. The number of methoxy groups -OCH3 is 2. The number of nitrogens with one attached hydrogen (secondary N) is 1. The number of ether oxygens (including phenoxy) is 2. The molecule has 17 heavy (non-hydrogen) atoms. The Hall–Kier alpha value is -1.66. The van der Waals surface area contributed by atoms with E-state index in [4.69, 9.17) is 9.47 Å². The van der Waals surface area contributed by atoms with E-state index in [0.29, 0.717) is 6.54 Å². The molecule has 0 aliphatic heterocycles. The number of hydrogen-bond acceptors (Lipinski definition) is 3. The first-order valence-electron chi connectivity index (χ1n) is 5.57. The molecule has 0 aliphatic rings. The molecule has 0 heterocycles. The minimum atomic E-state index is 0.167. The van der Waals surface area contributed by atoms with Gasteiger partial charge in [0.1, 0.15) is 11.5 Å². The third-order valence-corrected chi connectivity index (χ3v) is 2.58. The summed E-state index contributed by atoms with van der Waals surface area (Å²) in [4.78, 5) is 0. The highest BCUT2D eigenvalue weighted by Gasteiger charge is 2.11. The highest BCUT2D eigenvalue weighted by Crippen LogP contribution is 2.28. The topological polar surface area (TPSA) is 30.5 Å². The standard InChI is InChI=1S/C14H19NO2/c1-5-6-9-15-11(2)13-10-12(16-3)7-8-14(13)17-4/h7-8,10-11,15H,9H2,1-4H3. The van der Waals surface area contributed by atoms with Gasteiger partial charge in [0.2, 0.25) is 0 Å². The molecule has 0 saturated heterocycles. The van der Waals surface area contributed by atoms with Crippen LogP contribution in [-0.4, -0.2) is 20.8 Å². The van der Waals surface area contributed by atoms with E-state index in [0.717, 1.165) is 17.1 Å². The summed E-state index contributed by atoms with van der Waals surface area (Å²) in [6.07, 6.45) is 0. The lowest BCUT2D eigenvalue weighted by molar-refractivity contribution is 0.393. The van der Waals surface area contributed by atoms with Gasteiger partial charge in [-0.15, -0.1) is 5.92 Å². The summed E-state index contributed by atoms with van der Waals surface area (Å²) < 4.78 is 10.6. The molecule has 1 N–H and O–H groups in total. The Morgan fingerprint density at radius 2 is 2.06 bits per heavy atom. The minimum Gasteiger partial charge on any atom is -0.497 e. The number of benzene rings is 1. The Labute approximate surface area is 103 Å². The van der Waals surface area contributed by atoms with Crippen molar-refractivity contribution >= 4 is 0 Å². The van der Waals surface area contributed by atoms with Crippen molar-refractivity contribution in [1.82, 2.24) is 5.32 Å². The smallest absolute Gasteiger partial charge is 0.123 e. The Balaban J connectivity index is 2.87. The van der Waals surface area contributed by atoms with Crippen LogP contribution < -0.4 is 14.8 Å². The van der Waals surface area contributed by atoms with Crippen LogP contribution in [-0.2, 0) is 0 Å². The average Bonchev–Trinajstić information content (AvgIpc) is 2.38. The van der Waals surface area contributed by atoms with Crippen LogP contribution in [0.25, 0.3) is 0 Å². The molecule has 1 rings (SSSR count). The molecule has 1 aromatic carbocycles. The Bertz CT molecular complexity index is 418. The van der Waals surface area contributed by atoms with Gasteiger partial charge in [-0.3, -0.25) is 5.32 Å². The summed E-state index contributed by atoms with van der Waals surface area (Å²) in [7, 11) is 3.33. The monoisotopic (exact) mass is 233 g/mol. The summed E-state index contributed by atoms with van der Waals surface area (Å²) in [6.45, 7) is 4.57. The molecule has 3 heteroatoms. The van der Waals surface area contributed by atoms with Crippen molar-refractivity contribution in [3.8, 4) is 23.3 Å². The van der Waals surface area contributed by atoms with Crippen LogP contribution in [0.3, 0.4) is 0 Å². The molecule has 0 aliphatic carbocycles. The van der Waals surface area contributed by atoms with E-state index >= 15 is 0 Å². The summed E-state index contributed by atoms with van der Waals surface area (Å²) in [6, 6.07) is 5.95. The molecule has 0 fully saturated rings. The molecule has 1 aromatic rings. The summed E-state index contributed by atoms with van der Waals surface area (Å²) in [5, 5.41) is 3.32. The molecule has 0 saturated carbocycles. The van der Waals surface area contributed by atoms with Crippen molar-refractivity contribution in [2.24, 2.45) is 0 Å². The quantitative estimate of drug-likeness (QED) is 0.792. The minimum absolute atomic E-state index is 0.167. The van der Waals surface area contributed by atoms with Gasteiger partial charge in [-0.2, -0.15) is 0 Å². The van der Waals surface area contributed by atoms with E-state index in [1.54, 1.807) is 14.2 Å². The fourth-order valence-electron chi connectivity index (χ4n) is 1.58. The van der Waals surface area contributed by atoms with Crippen LogP contribution in [0.4, 0.5) is 0 Å². The van der Waals surface area contributed by atoms with Crippen molar-refractivity contribution < 1.29 is 9.47 Å². The first-order chi connectivity index (χ1) is 8.22. The lowest BCUT2D eigenvalue weighted by Crippen LogP contribution is -2.19. The van der Waals surface area contributed by atoms with Gasteiger partial charge in [-0.25, -0.2) is 0 Å². The zero-order chi connectivity index (χ0) is 12.7. The normalized spacial score (nSPS) is 11.3. The van der Waals surface area contributed by atoms with Crippen molar-refractivity contribution in [3.63, 3.8) is 0 Å². The van der Waals surface area contributed by atoms with Gasteiger partial charge >= 0.3 is 0 Å². The fraction of sp³-hybridized carbons (Fsp3) is 0.429. The lowest BCUT2D eigenvalue weighted by atomic mass is 10.1. The molecule has 0 amide bonds. The molecule has 0 bridgehead atoms. The van der Waals surface area contributed by atoms with E-state index in [2.05, 4.69) is 24.1 Å². The van der Waals surface area contributed by atoms with E-state index in [1.807, 2.05) is 25.1 Å². The molecular weight excluding hydrogens is 214 g/mol. The second-order valence-electron chi connectivity index (χ2n) is 3.64. The zero-order valence-corrected chi connectivity index (χ0v) is 10.8. The maximum absolute atomic E-state index is 5.34. The van der Waals surface area contributed by atoms with Crippen LogP contribution in [0.2, 0.25) is 0 Å². The van der Waals surface area contributed by atoms with E-state index < -0.39 is 0 Å². The van der Waals surface area contributed by atoms with Crippen molar-refractivity contribution in [1.29, 1.82) is 0 Å². The van der Waals surface area contributed by atoms with Crippen LogP contribution >= 0.6 is 0 Å². The highest BCUT2D eigenvalue weighted by molar-refractivity contribution is 5.42. The third-order valence-electron chi connectivity index (χ3n) is 2.58. The molecule has 1 atom stereocenters. The SMILES string of the molecule is CC#CCNC(C)c1cc(OC)ccc1OC. The average molecular weight is 233 g/mol. The maximum atomic E-state index is 5.34. The molecule has 92 valence electrons. The van der Waals surface area contributed by atoms with Crippen LogP contribution in [0, 0.1) is 11.8 Å². The second kappa shape index (κ2) is 6.82. The summed E-state index contributed by atoms with van der Waals surface area (Å²) in [5.41, 5.74) is 1.07. The molecule has 1 unspecified atom stereocenters. The Kier molecular flexibility index (Phi) is 5.38. The van der Waals surface area contributed by atoms with Crippen LogP contribution in [0.15, 0.2) is 18.2 Å². The zero-order valence-electron chi connectivity index (χ0n) is 10.8. The van der Waals surface area contributed by atoms with Crippen molar-refractivity contribution in [3.05, 3.63) is 23.8 Å². The van der Waals surface area contributed by atoms with Gasteiger partial charge in [0.25, 0.3) is 0 Å². The fourth-order valence-corrected chi connectivity index (χ4v) is 1.58. The molecule has 0 spiro atoms. The first-order valence-corrected chi connectivity index (χ1v) is 5.57. The van der Waals surface area contributed by atoms with Gasteiger partial charge in [0.05, 0.1) is 20.8 Å². The summed E-state index contributed by atoms with van der Waals surface area (Å²) >= 11 is 0. The van der Waals surface area contributed by atoms with Gasteiger partial charge in [0, 0.05) is 11.6 Å². The molecular formula is C14H19NO2. The highest BCUT2D eigenvalue weighted by atomic mass is 16.5. The Morgan fingerprint density at radius 3 is 2.65 bits per heavy atom. The van der Waals surface area contributed by atoms with E-state index in [1.165, 1.54) is 0 Å². The number of rotatable bonds is 5. The second-order valence-corrected chi connectivity index (χ2v) is 3.64.